The molecule has 0 spiro atoms. The molecule has 0 amide bonds. The van der Waals surface area contributed by atoms with Gasteiger partial charge in [0.1, 0.15) is 5.82 Å². The van der Waals surface area contributed by atoms with E-state index in [-0.39, 0.29) is 5.82 Å². The smallest absolute Gasteiger partial charge is 0.146 e. The summed E-state index contributed by atoms with van der Waals surface area (Å²) >= 11 is 5.80. The number of hydrogen-bond donors (Lipinski definition) is 2. The molecule has 0 heterocycles. The van der Waals surface area contributed by atoms with Gasteiger partial charge < -0.3 is 10.4 Å². The molecule has 2 rings (SSSR count). The third-order valence-electron chi connectivity index (χ3n) is 3.54. The van der Waals surface area contributed by atoms with E-state index in [4.69, 9.17) is 11.6 Å². The Hall–Kier alpha value is -0.800. The van der Waals surface area contributed by atoms with Crippen molar-refractivity contribution in [1.29, 1.82) is 0 Å². The quantitative estimate of drug-likeness (QED) is 0.853. The van der Waals surface area contributed by atoms with E-state index in [9.17, 15) is 9.50 Å². The third-order valence-corrected chi connectivity index (χ3v) is 3.77. The van der Waals surface area contributed by atoms with Gasteiger partial charge in [-0.3, -0.25) is 0 Å². The Morgan fingerprint density at radius 3 is 2.83 bits per heavy atom. The molecule has 0 aliphatic heterocycles. The fraction of sp³-hybridized carbons (Fsp3) is 0.571. The van der Waals surface area contributed by atoms with Crippen LogP contribution >= 0.6 is 11.6 Å². The Balaban J connectivity index is 1.81. The minimum absolute atomic E-state index is 0.340. The monoisotopic (exact) mass is 271 g/mol. The zero-order valence-corrected chi connectivity index (χ0v) is 11.1. The maximum atomic E-state index is 13.4. The van der Waals surface area contributed by atoms with Crippen molar-refractivity contribution in [3.63, 3.8) is 0 Å². The van der Waals surface area contributed by atoms with E-state index < -0.39 is 6.10 Å². The molecule has 1 atom stereocenters. The van der Waals surface area contributed by atoms with Crippen LogP contribution in [0.2, 0.25) is 5.02 Å². The van der Waals surface area contributed by atoms with Crippen LogP contribution in [0.4, 0.5) is 10.1 Å². The predicted octanol–water partition coefficient (Wildman–Crippen LogP) is 3.83. The normalized spacial score (nSPS) is 17.9. The lowest BCUT2D eigenvalue weighted by atomic mass is 10.00. The first kappa shape index (κ1) is 13.6. The van der Waals surface area contributed by atoms with E-state index in [2.05, 4.69) is 5.32 Å². The highest BCUT2D eigenvalue weighted by molar-refractivity contribution is 6.30. The van der Waals surface area contributed by atoms with Gasteiger partial charge in [-0.1, -0.05) is 37.3 Å². The van der Waals surface area contributed by atoms with E-state index in [0.717, 1.165) is 6.42 Å². The third kappa shape index (κ3) is 3.85. The van der Waals surface area contributed by atoms with Crippen LogP contribution in [0.1, 0.15) is 32.1 Å². The molecule has 1 unspecified atom stereocenters. The van der Waals surface area contributed by atoms with E-state index in [1.165, 1.54) is 37.8 Å². The zero-order valence-electron chi connectivity index (χ0n) is 10.3. The van der Waals surface area contributed by atoms with Gasteiger partial charge in [-0.25, -0.2) is 4.39 Å². The van der Waals surface area contributed by atoms with Crippen molar-refractivity contribution >= 4 is 17.3 Å². The zero-order chi connectivity index (χ0) is 13.0. The fourth-order valence-electron chi connectivity index (χ4n) is 2.57. The molecule has 1 fully saturated rings. The van der Waals surface area contributed by atoms with Crippen molar-refractivity contribution < 1.29 is 9.50 Å². The van der Waals surface area contributed by atoms with Crippen molar-refractivity contribution in [1.82, 2.24) is 0 Å². The van der Waals surface area contributed by atoms with Gasteiger partial charge in [0, 0.05) is 11.6 Å². The summed E-state index contributed by atoms with van der Waals surface area (Å²) in [6.45, 7) is 0.369. The first-order valence-electron chi connectivity index (χ1n) is 6.52. The van der Waals surface area contributed by atoms with Crippen LogP contribution < -0.4 is 5.32 Å². The lowest BCUT2D eigenvalue weighted by molar-refractivity contribution is 0.155. The van der Waals surface area contributed by atoms with Crippen LogP contribution in [-0.4, -0.2) is 17.8 Å². The summed E-state index contributed by atoms with van der Waals surface area (Å²) < 4.78 is 13.4. The van der Waals surface area contributed by atoms with Crippen LogP contribution in [0.15, 0.2) is 18.2 Å². The topological polar surface area (TPSA) is 32.3 Å². The predicted molar refractivity (Wildman–Crippen MR) is 72.5 cm³/mol. The number of hydrogen-bond acceptors (Lipinski definition) is 2. The molecule has 4 heteroatoms. The van der Waals surface area contributed by atoms with Crippen molar-refractivity contribution in [3.8, 4) is 0 Å². The second-order valence-corrected chi connectivity index (χ2v) is 5.48. The Kier molecular flexibility index (Phi) is 4.84. The average molecular weight is 272 g/mol. The lowest BCUT2D eigenvalue weighted by Gasteiger charge is -2.17. The minimum atomic E-state index is -0.425. The molecule has 0 aromatic heterocycles. The first-order valence-corrected chi connectivity index (χ1v) is 6.90. The second kappa shape index (κ2) is 6.39. The number of halogens is 2. The van der Waals surface area contributed by atoms with Crippen molar-refractivity contribution in [3.05, 3.63) is 29.0 Å². The number of aliphatic hydroxyl groups is 1. The van der Waals surface area contributed by atoms with Gasteiger partial charge in [0.15, 0.2) is 0 Å². The van der Waals surface area contributed by atoms with Gasteiger partial charge in [0.25, 0.3) is 0 Å². The second-order valence-electron chi connectivity index (χ2n) is 5.05. The van der Waals surface area contributed by atoms with Gasteiger partial charge >= 0.3 is 0 Å². The van der Waals surface area contributed by atoms with Crippen molar-refractivity contribution in [2.75, 3.05) is 11.9 Å². The average Bonchev–Trinajstić information content (AvgIpc) is 2.83. The highest BCUT2D eigenvalue weighted by atomic mass is 35.5. The van der Waals surface area contributed by atoms with Crippen molar-refractivity contribution in [2.24, 2.45) is 5.92 Å². The number of nitrogens with one attached hydrogen (secondary N) is 1. The molecular formula is C14H19ClFNO. The van der Waals surface area contributed by atoms with E-state index >= 15 is 0 Å². The van der Waals surface area contributed by atoms with Crippen LogP contribution in [0, 0.1) is 11.7 Å². The number of rotatable bonds is 5. The minimum Gasteiger partial charge on any atom is -0.391 e. The molecule has 1 aliphatic carbocycles. The van der Waals surface area contributed by atoms with Crippen molar-refractivity contribution in [2.45, 2.75) is 38.2 Å². The number of anilines is 1. The van der Waals surface area contributed by atoms with Gasteiger partial charge in [0.2, 0.25) is 0 Å². The summed E-state index contributed by atoms with van der Waals surface area (Å²) in [5.41, 5.74) is 0.355. The van der Waals surface area contributed by atoms with Crippen LogP contribution in [0.5, 0.6) is 0 Å². The standard InChI is InChI=1S/C14H19ClFNO/c15-11-5-6-13(16)14(8-11)17-9-12(18)7-10-3-1-2-4-10/h5-6,8,10,12,17-18H,1-4,7,9H2. The largest absolute Gasteiger partial charge is 0.391 e. The van der Waals surface area contributed by atoms with E-state index in [1.54, 1.807) is 6.07 Å². The van der Waals surface area contributed by atoms with E-state index in [1.807, 2.05) is 0 Å². The van der Waals surface area contributed by atoms with Crippen LogP contribution in [0.3, 0.4) is 0 Å². The molecule has 0 radical (unpaired) electrons. The molecule has 1 aromatic carbocycles. The first-order chi connectivity index (χ1) is 8.65. The van der Waals surface area contributed by atoms with Gasteiger partial charge in [0.05, 0.1) is 11.8 Å². The highest BCUT2D eigenvalue weighted by Crippen LogP contribution is 2.28. The molecule has 0 saturated heterocycles. The SMILES string of the molecule is OC(CNc1cc(Cl)ccc1F)CC1CCCC1. The molecule has 18 heavy (non-hydrogen) atoms. The highest BCUT2D eigenvalue weighted by Gasteiger charge is 2.18. The number of benzene rings is 1. The Labute approximate surface area is 112 Å². The molecule has 1 saturated carbocycles. The molecule has 100 valence electrons. The summed E-state index contributed by atoms with van der Waals surface area (Å²) in [6, 6.07) is 4.38. The maximum Gasteiger partial charge on any atom is 0.146 e. The Bertz CT molecular complexity index is 393. The summed E-state index contributed by atoms with van der Waals surface area (Å²) in [4.78, 5) is 0. The molecule has 0 bridgehead atoms. The fourth-order valence-corrected chi connectivity index (χ4v) is 2.75. The summed E-state index contributed by atoms with van der Waals surface area (Å²) in [7, 11) is 0. The Morgan fingerprint density at radius 1 is 1.39 bits per heavy atom. The summed E-state index contributed by atoms with van der Waals surface area (Å²) in [5.74, 6) is 0.290. The van der Waals surface area contributed by atoms with Gasteiger partial charge in [-0.2, -0.15) is 0 Å². The van der Waals surface area contributed by atoms with Crippen LogP contribution in [-0.2, 0) is 0 Å². The molecule has 1 aromatic rings. The summed E-state index contributed by atoms with van der Waals surface area (Å²) in [6.07, 6.45) is 5.34. The molecule has 2 nitrogen and oxygen atoms in total. The molecular weight excluding hydrogens is 253 g/mol. The molecule has 1 aliphatic rings. The number of aliphatic hydroxyl groups excluding tert-OH is 1. The summed E-state index contributed by atoms with van der Waals surface area (Å²) in [5, 5.41) is 13.3. The lowest BCUT2D eigenvalue weighted by Crippen LogP contribution is -2.22. The van der Waals surface area contributed by atoms with Gasteiger partial charge in [-0.15, -0.1) is 0 Å². The van der Waals surface area contributed by atoms with Crippen LogP contribution in [0.25, 0.3) is 0 Å². The molecule has 2 N–H and O–H groups in total. The van der Waals surface area contributed by atoms with E-state index in [0.29, 0.717) is 23.2 Å². The van der Waals surface area contributed by atoms with Gasteiger partial charge in [-0.05, 0) is 30.5 Å². The maximum absolute atomic E-state index is 13.4. The Morgan fingerprint density at radius 2 is 2.11 bits per heavy atom.